The van der Waals surface area contributed by atoms with E-state index in [0.717, 1.165) is 77.0 Å². The predicted octanol–water partition coefficient (Wildman–Crippen LogP) is 5.59. The topological polar surface area (TPSA) is 98.0 Å². The predicted molar refractivity (Wildman–Crippen MR) is 121 cm³/mol. The molecule has 3 unspecified atom stereocenters. The van der Waals surface area contributed by atoms with E-state index in [1.165, 1.54) is 25.7 Å². The lowest BCUT2D eigenvalue weighted by atomic mass is 9.80. The van der Waals surface area contributed by atoms with Crippen LogP contribution in [0.15, 0.2) is 0 Å². The number of hydrogen-bond acceptors (Lipinski definition) is 4. The molecule has 0 amide bonds. The number of carboxylic acid groups (broad SMARTS) is 1. The van der Waals surface area contributed by atoms with Crippen molar-refractivity contribution in [2.45, 2.75) is 147 Å². The Morgan fingerprint density at radius 3 is 1.87 bits per heavy atom. The third kappa shape index (κ3) is 12.3. The van der Waals surface area contributed by atoms with Crippen molar-refractivity contribution < 1.29 is 25.2 Å². The molecular formula is C25H48O5. The SMILES string of the molecule is CCCCCCCC(O)CCCCCCC(C(=O)O)C(O)CCC1(O)CCCCC1. The van der Waals surface area contributed by atoms with Crippen molar-refractivity contribution in [3.05, 3.63) is 0 Å². The zero-order valence-corrected chi connectivity index (χ0v) is 19.4. The van der Waals surface area contributed by atoms with Crippen LogP contribution in [0.25, 0.3) is 0 Å². The minimum atomic E-state index is -0.934. The smallest absolute Gasteiger partial charge is 0.309 e. The second-order valence-electron chi connectivity index (χ2n) is 9.68. The molecular weight excluding hydrogens is 380 g/mol. The van der Waals surface area contributed by atoms with Crippen LogP contribution >= 0.6 is 0 Å². The first-order chi connectivity index (χ1) is 14.4. The van der Waals surface area contributed by atoms with E-state index >= 15 is 0 Å². The zero-order chi connectivity index (χ0) is 22.2. The summed E-state index contributed by atoms with van der Waals surface area (Å²) >= 11 is 0. The summed E-state index contributed by atoms with van der Waals surface area (Å²) < 4.78 is 0. The van der Waals surface area contributed by atoms with Gasteiger partial charge in [-0.3, -0.25) is 4.79 Å². The highest BCUT2D eigenvalue weighted by Crippen LogP contribution is 2.33. The summed E-state index contributed by atoms with van der Waals surface area (Å²) in [7, 11) is 0. The lowest BCUT2D eigenvalue weighted by Gasteiger charge is -2.33. The summed E-state index contributed by atoms with van der Waals surface area (Å²) in [5, 5.41) is 40.5. The van der Waals surface area contributed by atoms with Crippen LogP contribution in [-0.2, 0) is 4.79 Å². The molecule has 0 aromatic carbocycles. The number of aliphatic hydroxyl groups excluding tert-OH is 2. The number of aliphatic hydroxyl groups is 3. The Labute approximate surface area is 184 Å². The number of aliphatic carboxylic acids is 1. The standard InChI is InChI=1S/C25H48O5/c1-2-3-4-5-9-14-21(26)15-10-6-7-11-16-22(24(28)29)23(27)17-20-25(30)18-12-8-13-19-25/h21-23,26-27,30H,2-20H2,1H3,(H,28,29). The first-order valence-electron chi connectivity index (χ1n) is 12.7. The maximum Gasteiger partial charge on any atom is 0.309 e. The summed E-state index contributed by atoms with van der Waals surface area (Å²) in [5.74, 6) is -1.68. The highest BCUT2D eigenvalue weighted by molar-refractivity contribution is 5.70. The van der Waals surface area contributed by atoms with E-state index in [2.05, 4.69) is 6.92 Å². The molecule has 0 bridgehead atoms. The van der Waals surface area contributed by atoms with Crippen LogP contribution in [0.4, 0.5) is 0 Å². The van der Waals surface area contributed by atoms with E-state index in [0.29, 0.717) is 19.3 Å². The Hall–Kier alpha value is -0.650. The molecule has 1 aliphatic carbocycles. The molecule has 5 nitrogen and oxygen atoms in total. The van der Waals surface area contributed by atoms with E-state index < -0.39 is 23.6 Å². The molecule has 30 heavy (non-hydrogen) atoms. The van der Waals surface area contributed by atoms with Crippen LogP contribution in [0.2, 0.25) is 0 Å². The fourth-order valence-electron chi connectivity index (χ4n) is 4.78. The second-order valence-corrected chi connectivity index (χ2v) is 9.68. The van der Waals surface area contributed by atoms with E-state index in [4.69, 9.17) is 0 Å². The van der Waals surface area contributed by atoms with Gasteiger partial charge in [0.1, 0.15) is 0 Å². The summed E-state index contributed by atoms with van der Waals surface area (Å²) in [6.45, 7) is 2.20. The van der Waals surface area contributed by atoms with Crippen molar-refractivity contribution in [1.82, 2.24) is 0 Å². The van der Waals surface area contributed by atoms with E-state index in [1.807, 2.05) is 0 Å². The molecule has 1 saturated carbocycles. The van der Waals surface area contributed by atoms with Gasteiger partial charge in [0.2, 0.25) is 0 Å². The van der Waals surface area contributed by atoms with Crippen LogP contribution in [0.5, 0.6) is 0 Å². The zero-order valence-electron chi connectivity index (χ0n) is 19.4. The van der Waals surface area contributed by atoms with Crippen LogP contribution in [0.3, 0.4) is 0 Å². The van der Waals surface area contributed by atoms with Crippen molar-refractivity contribution in [3.63, 3.8) is 0 Å². The molecule has 4 N–H and O–H groups in total. The normalized spacial score (nSPS) is 19.3. The highest BCUT2D eigenvalue weighted by Gasteiger charge is 2.32. The van der Waals surface area contributed by atoms with Crippen molar-refractivity contribution in [2.24, 2.45) is 5.92 Å². The van der Waals surface area contributed by atoms with Gasteiger partial charge in [-0.1, -0.05) is 84.0 Å². The van der Waals surface area contributed by atoms with Gasteiger partial charge in [-0.05, 0) is 44.9 Å². The number of unbranched alkanes of at least 4 members (excludes halogenated alkanes) is 7. The van der Waals surface area contributed by atoms with Gasteiger partial charge in [0.05, 0.1) is 23.7 Å². The maximum atomic E-state index is 11.6. The van der Waals surface area contributed by atoms with Crippen LogP contribution in [-0.4, -0.2) is 44.2 Å². The van der Waals surface area contributed by atoms with Crippen LogP contribution < -0.4 is 0 Å². The second kappa shape index (κ2) is 16.0. The molecule has 1 rings (SSSR count). The molecule has 0 aromatic rings. The Bertz CT molecular complexity index is 433. The molecule has 3 atom stereocenters. The van der Waals surface area contributed by atoms with Gasteiger partial charge in [-0.2, -0.15) is 0 Å². The van der Waals surface area contributed by atoms with Crippen molar-refractivity contribution in [3.8, 4) is 0 Å². The molecule has 0 aliphatic heterocycles. The third-order valence-electron chi connectivity index (χ3n) is 6.91. The maximum absolute atomic E-state index is 11.6. The van der Waals surface area contributed by atoms with Crippen LogP contribution in [0.1, 0.15) is 129 Å². The van der Waals surface area contributed by atoms with Crippen molar-refractivity contribution in [1.29, 1.82) is 0 Å². The number of rotatable bonds is 18. The number of carbonyl (C=O) groups is 1. The quantitative estimate of drug-likeness (QED) is 0.213. The Balaban J connectivity index is 2.13. The van der Waals surface area contributed by atoms with Gasteiger partial charge >= 0.3 is 5.97 Å². The fraction of sp³-hybridized carbons (Fsp3) is 0.960. The van der Waals surface area contributed by atoms with E-state index in [1.54, 1.807) is 0 Å². The lowest BCUT2D eigenvalue weighted by Crippen LogP contribution is -2.35. The monoisotopic (exact) mass is 428 g/mol. The highest BCUT2D eigenvalue weighted by atomic mass is 16.4. The first-order valence-corrected chi connectivity index (χ1v) is 12.7. The fourth-order valence-corrected chi connectivity index (χ4v) is 4.78. The molecule has 0 heterocycles. The summed E-state index contributed by atoms with van der Waals surface area (Å²) in [5.41, 5.74) is -0.709. The minimum absolute atomic E-state index is 0.203. The van der Waals surface area contributed by atoms with Crippen molar-refractivity contribution >= 4 is 5.97 Å². The molecule has 5 heteroatoms. The van der Waals surface area contributed by atoms with Gasteiger partial charge in [-0.15, -0.1) is 0 Å². The van der Waals surface area contributed by atoms with E-state index in [9.17, 15) is 25.2 Å². The van der Waals surface area contributed by atoms with Gasteiger partial charge in [0, 0.05) is 0 Å². The summed E-state index contributed by atoms with van der Waals surface area (Å²) in [6, 6.07) is 0. The van der Waals surface area contributed by atoms with Gasteiger partial charge in [0.25, 0.3) is 0 Å². The number of carboxylic acids is 1. The third-order valence-corrected chi connectivity index (χ3v) is 6.91. The average molecular weight is 429 g/mol. The molecule has 178 valence electrons. The summed E-state index contributed by atoms with van der Waals surface area (Å²) in [6.07, 6.45) is 16.5. The van der Waals surface area contributed by atoms with Gasteiger partial charge in [0.15, 0.2) is 0 Å². The number of hydrogen-bond donors (Lipinski definition) is 4. The Morgan fingerprint density at radius 2 is 1.33 bits per heavy atom. The largest absolute Gasteiger partial charge is 0.481 e. The molecule has 1 aliphatic rings. The molecule has 0 aromatic heterocycles. The lowest BCUT2D eigenvalue weighted by molar-refractivity contribution is -0.146. The molecule has 0 spiro atoms. The molecule has 0 radical (unpaired) electrons. The Morgan fingerprint density at radius 1 is 0.800 bits per heavy atom. The molecule has 0 saturated heterocycles. The average Bonchev–Trinajstić information content (AvgIpc) is 2.71. The van der Waals surface area contributed by atoms with Crippen molar-refractivity contribution in [2.75, 3.05) is 0 Å². The minimum Gasteiger partial charge on any atom is -0.481 e. The first kappa shape index (κ1) is 27.4. The van der Waals surface area contributed by atoms with Gasteiger partial charge < -0.3 is 20.4 Å². The molecule has 1 fully saturated rings. The summed E-state index contributed by atoms with van der Waals surface area (Å²) in [4.78, 5) is 11.6. The van der Waals surface area contributed by atoms with Gasteiger partial charge in [-0.25, -0.2) is 0 Å². The van der Waals surface area contributed by atoms with Crippen LogP contribution in [0, 0.1) is 5.92 Å². The van der Waals surface area contributed by atoms with E-state index in [-0.39, 0.29) is 6.10 Å². The Kier molecular flexibility index (Phi) is 14.6.